The Bertz CT molecular complexity index is 316. The van der Waals surface area contributed by atoms with E-state index in [0.29, 0.717) is 11.5 Å². The standard InChI is InChI=1S/C9H8BrFO2/c10-6-1-2-8-9(3-6)13-5-7(11)4-12-8/h1-3,7H,4-5H2. The van der Waals surface area contributed by atoms with Crippen LogP contribution in [0.25, 0.3) is 0 Å². The number of alkyl halides is 1. The van der Waals surface area contributed by atoms with Gasteiger partial charge in [0, 0.05) is 4.47 Å². The Morgan fingerprint density at radius 2 is 1.92 bits per heavy atom. The Morgan fingerprint density at radius 1 is 1.23 bits per heavy atom. The molecule has 2 rings (SSSR count). The Hall–Kier alpha value is -0.770. The zero-order valence-corrected chi connectivity index (χ0v) is 8.38. The van der Waals surface area contributed by atoms with Crippen LogP contribution in [0.3, 0.4) is 0 Å². The number of hydrogen-bond acceptors (Lipinski definition) is 2. The van der Waals surface area contributed by atoms with E-state index in [-0.39, 0.29) is 13.2 Å². The van der Waals surface area contributed by atoms with E-state index in [1.807, 2.05) is 6.07 Å². The molecule has 13 heavy (non-hydrogen) atoms. The molecule has 1 unspecified atom stereocenters. The van der Waals surface area contributed by atoms with Gasteiger partial charge in [-0.3, -0.25) is 0 Å². The van der Waals surface area contributed by atoms with Crippen molar-refractivity contribution >= 4 is 15.9 Å². The molecule has 0 radical (unpaired) electrons. The van der Waals surface area contributed by atoms with Gasteiger partial charge in [0.25, 0.3) is 0 Å². The van der Waals surface area contributed by atoms with E-state index < -0.39 is 6.17 Å². The first-order chi connectivity index (χ1) is 6.25. The molecule has 2 nitrogen and oxygen atoms in total. The molecule has 1 aliphatic rings. The molecule has 1 aromatic carbocycles. The summed E-state index contributed by atoms with van der Waals surface area (Å²) in [4.78, 5) is 0. The molecular weight excluding hydrogens is 239 g/mol. The number of halogens is 2. The normalized spacial score (nSPS) is 20.9. The Kier molecular flexibility index (Phi) is 2.40. The maximum Gasteiger partial charge on any atom is 0.168 e. The highest BCUT2D eigenvalue weighted by molar-refractivity contribution is 9.10. The lowest BCUT2D eigenvalue weighted by molar-refractivity contribution is 0.162. The number of ether oxygens (including phenoxy) is 2. The highest BCUT2D eigenvalue weighted by Gasteiger charge is 2.16. The van der Waals surface area contributed by atoms with Crippen molar-refractivity contribution in [3.05, 3.63) is 22.7 Å². The van der Waals surface area contributed by atoms with Crippen LogP contribution in [0.15, 0.2) is 22.7 Å². The van der Waals surface area contributed by atoms with Crippen molar-refractivity contribution in [2.75, 3.05) is 13.2 Å². The maximum atomic E-state index is 12.8. The van der Waals surface area contributed by atoms with Crippen LogP contribution in [0.4, 0.5) is 4.39 Å². The highest BCUT2D eigenvalue weighted by Crippen LogP contribution is 2.32. The zero-order chi connectivity index (χ0) is 9.26. The van der Waals surface area contributed by atoms with Gasteiger partial charge in [-0.2, -0.15) is 0 Å². The number of benzene rings is 1. The van der Waals surface area contributed by atoms with Crippen molar-refractivity contribution in [2.24, 2.45) is 0 Å². The first kappa shape index (κ1) is 8.81. The molecule has 1 aromatic rings. The monoisotopic (exact) mass is 246 g/mol. The van der Waals surface area contributed by atoms with Gasteiger partial charge in [0.1, 0.15) is 13.2 Å². The highest BCUT2D eigenvalue weighted by atomic mass is 79.9. The van der Waals surface area contributed by atoms with Gasteiger partial charge in [-0.1, -0.05) is 15.9 Å². The number of fused-ring (bicyclic) bond motifs is 1. The summed E-state index contributed by atoms with van der Waals surface area (Å²) >= 11 is 3.30. The topological polar surface area (TPSA) is 18.5 Å². The van der Waals surface area contributed by atoms with Crippen molar-refractivity contribution in [1.82, 2.24) is 0 Å². The minimum Gasteiger partial charge on any atom is -0.487 e. The molecule has 0 aromatic heterocycles. The van der Waals surface area contributed by atoms with Crippen LogP contribution in [0.2, 0.25) is 0 Å². The number of hydrogen-bond donors (Lipinski definition) is 0. The lowest BCUT2D eigenvalue weighted by Gasteiger charge is -2.05. The fourth-order valence-electron chi connectivity index (χ4n) is 1.12. The minimum absolute atomic E-state index is 0.0590. The molecule has 70 valence electrons. The molecule has 0 aliphatic carbocycles. The third-order valence-electron chi connectivity index (χ3n) is 1.75. The average Bonchev–Trinajstić information content (AvgIpc) is 2.29. The summed E-state index contributed by atoms with van der Waals surface area (Å²) in [7, 11) is 0. The van der Waals surface area contributed by atoms with E-state index in [2.05, 4.69) is 15.9 Å². The largest absolute Gasteiger partial charge is 0.487 e. The molecule has 0 saturated carbocycles. The van der Waals surface area contributed by atoms with Gasteiger partial charge in [-0.05, 0) is 18.2 Å². The van der Waals surface area contributed by atoms with Gasteiger partial charge in [-0.25, -0.2) is 4.39 Å². The van der Waals surface area contributed by atoms with E-state index in [4.69, 9.17) is 9.47 Å². The second kappa shape index (κ2) is 3.54. The van der Waals surface area contributed by atoms with Crippen LogP contribution in [0.1, 0.15) is 0 Å². The molecule has 0 fully saturated rings. The van der Waals surface area contributed by atoms with Crippen molar-refractivity contribution in [3.63, 3.8) is 0 Å². The molecule has 0 amide bonds. The van der Waals surface area contributed by atoms with Crippen LogP contribution < -0.4 is 9.47 Å². The van der Waals surface area contributed by atoms with Crippen LogP contribution in [0.5, 0.6) is 11.5 Å². The van der Waals surface area contributed by atoms with E-state index in [9.17, 15) is 4.39 Å². The number of rotatable bonds is 0. The molecule has 1 atom stereocenters. The van der Waals surface area contributed by atoms with Gasteiger partial charge < -0.3 is 9.47 Å². The predicted octanol–water partition coefficient (Wildman–Crippen LogP) is 2.56. The molecule has 0 saturated heterocycles. The first-order valence-electron chi connectivity index (χ1n) is 3.95. The van der Waals surface area contributed by atoms with Crippen LogP contribution in [-0.4, -0.2) is 19.4 Å². The predicted molar refractivity (Wildman–Crippen MR) is 50.0 cm³/mol. The summed E-state index contributed by atoms with van der Waals surface area (Å²) in [6, 6.07) is 5.37. The first-order valence-corrected chi connectivity index (χ1v) is 4.74. The van der Waals surface area contributed by atoms with E-state index in [1.54, 1.807) is 12.1 Å². The average molecular weight is 247 g/mol. The Morgan fingerprint density at radius 3 is 2.69 bits per heavy atom. The molecule has 4 heteroatoms. The smallest absolute Gasteiger partial charge is 0.168 e. The summed E-state index contributed by atoms with van der Waals surface area (Å²) in [6.45, 7) is 0.123. The summed E-state index contributed by atoms with van der Waals surface area (Å²) in [5, 5.41) is 0. The second-order valence-corrected chi connectivity index (χ2v) is 3.73. The summed E-state index contributed by atoms with van der Waals surface area (Å²) < 4.78 is 24.1. The van der Waals surface area contributed by atoms with Crippen LogP contribution >= 0.6 is 15.9 Å². The van der Waals surface area contributed by atoms with Gasteiger partial charge in [0.2, 0.25) is 0 Å². The third-order valence-corrected chi connectivity index (χ3v) is 2.24. The van der Waals surface area contributed by atoms with Gasteiger partial charge in [0.05, 0.1) is 0 Å². The fourth-order valence-corrected chi connectivity index (χ4v) is 1.46. The van der Waals surface area contributed by atoms with Crippen molar-refractivity contribution in [1.29, 1.82) is 0 Å². The zero-order valence-electron chi connectivity index (χ0n) is 6.80. The maximum absolute atomic E-state index is 12.8. The summed E-state index contributed by atoms with van der Waals surface area (Å²) in [6.07, 6.45) is -1.05. The summed E-state index contributed by atoms with van der Waals surface area (Å²) in [5.41, 5.74) is 0. The SMILES string of the molecule is FC1COc2ccc(Br)cc2OC1. The van der Waals surface area contributed by atoms with Crippen LogP contribution in [0, 0.1) is 0 Å². The lowest BCUT2D eigenvalue weighted by Crippen LogP contribution is -2.17. The Labute approximate surface area is 83.8 Å². The molecule has 1 aliphatic heterocycles. The van der Waals surface area contributed by atoms with Gasteiger partial charge in [0.15, 0.2) is 17.7 Å². The van der Waals surface area contributed by atoms with Gasteiger partial charge in [-0.15, -0.1) is 0 Å². The molecule has 1 heterocycles. The van der Waals surface area contributed by atoms with E-state index in [0.717, 1.165) is 4.47 Å². The van der Waals surface area contributed by atoms with E-state index >= 15 is 0 Å². The molecule has 0 bridgehead atoms. The summed E-state index contributed by atoms with van der Waals surface area (Å²) in [5.74, 6) is 1.19. The molecular formula is C9H8BrFO2. The Balaban J connectivity index is 2.30. The van der Waals surface area contributed by atoms with Crippen molar-refractivity contribution < 1.29 is 13.9 Å². The van der Waals surface area contributed by atoms with Crippen LogP contribution in [-0.2, 0) is 0 Å². The quantitative estimate of drug-likeness (QED) is 0.701. The van der Waals surface area contributed by atoms with Gasteiger partial charge >= 0.3 is 0 Å². The second-order valence-electron chi connectivity index (χ2n) is 2.81. The van der Waals surface area contributed by atoms with Crippen molar-refractivity contribution in [3.8, 4) is 11.5 Å². The molecule has 0 N–H and O–H groups in total. The third kappa shape index (κ3) is 1.94. The fraction of sp³-hybridized carbons (Fsp3) is 0.333. The molecule has 0 spiro atoms. The minimum atomic E-state index is -1.05. The van der Waals surface area contributed by atoms with Crippen molar-refractivity contribution in [2.45, 2.75) is 6.17 Å². The lowest BCUT2D eigenvalue weighted by atomic mass is 10.3. The van der Waals surface area contributed by atoms with E-state index in [1.165, 1.54) is 0 Å².